The number of rotatable bonds is 3. The molecule has 0 aliphatic carbocycles. The minimum absolute atomic E-state index is 0.108. The fourth-order valence-corrected chi connectivity index (χ4v) is 1.89. The second-order valence-corrected chi connectivity index (χ2v) is 5.74. The van der Waals surface area contributed by atoms with Crippen LogP contribution in [0.5, 0.6) is 0 Å². The summed E-state index contributed by atoms with van der Waals surface area (Å²) in [5.74, 6) is 0.674. The third-order valence-electron chi connectivity index (χ3n) is 2.86. The van der Waals surface area contributed by atoms with Crippen molar-refractivity contribution >= 4 is 17.7 Å². The minimum atomic E-state index is 0.108. The highest BCUT2D eigenvalue weighted by Crippen LogP contribution is 2.30. The Bertz CT molecular complexity index is 389. The summed E-state index contributed by atoms with van der Waals surface area (Å²) < 4.78 is 5.72. The Morgan fingerprint density at radius 1 is 1.44 bits per heavy atom. The lowest BCUT2D eigenvalue weighted by molar-refractivity contribution is 0.300. The van der Waals surface area contributed by atoms with Crippen molar-refractivity contribution in [3.63, 3.8) is 0 Å². The molecule has 0 N–H and O–H groups in total. The highest BCUT2D eigenvalue weighted by molar-refractivity contribution is 8.00. The molecule has 1 aromatic rings. The minimum Gasteiger partial charge on any atom is -0.474 e. The first-order chi connectivity index (χ1) is 7.63. The molecule has 1 aliphatic heterocycles. The molecule has 0 bridgehead atoms. The average molecular weight is 236 g/mol. The molecule has 0 fully saturated rings. The van der Waals surface area contributed by atoms with Crippen LogP contribution < -0.4 is 0 Å². The third-order valence-corrected chi connectivity index (χ3v) is 4.19. The van der Waals surface area contributed by atoms with Crippen molar-refractivity contribution in [2.75, 3.05) is 12.9 Å². The van der Waals surface area contributed by atoms with Crippen LogP contribution >= 0.6 is 11.8 Å². The van der Waals surface area contributed by atoms with E-state index in [4.69, 9.17) is 4.74 Å². The number of aromatic nitrogens is 1. The Morgan fingerprint density at radius 3 is 2.88 bits per heavy atom. The highest BCUT2D eigenvalue weighted by atomic mass is 32.2. The van der Waals surface area contributed by atoms with Crippen LogP contribution in [0.4, 0.5) is 0 Å². The molecule has 2 heterocycles. The summed E-state index contributed by atoms with van der Waals surface area (Å²) in [4.78, 5) is 8.85. The normalized spacial score (nSPS) is 20.4. The van der Waals surface area contributed by atoms with Crippen LogP contribution in [0.15, 0.2) is 29.4 Å². The van der Waals surface area contributed by atoms with Crippen LogP contribution in [0.1, 0.15) is 19.5 Å². The van der Waals surface area contributed by atoms with E-state index in [2.05, 4.69) is 30.1 Å². The van der Waals surface area contributed by atoms with Crippen LogP contribution in [0.3, 0.4) is 0 Å². The maximum atomic E-state index is 5.61. The van der Waals surface area contributed by atoms with Gasteiger partial charge in [0.25, 0.3) is 0 Å². The van der Waals surface area contributed by atoms with E-state index in [0.29, 0.717) is 12.5 Å². The van der Waals surface area contributed by atoms with Gasteiger partial charge in [0, 0.05) is 10.9 Å². The lowest BCUT2D eigenvalue weighted by Gasteiger charge is -2.25. The van der Waals surface area contributed by atoms with Gasteiger partial charge in [0.2, 0.25) is 5.90 Å². The second-order valence-electron chi connectivity index (χ2n) is 4.28. The summed E-state index contributed by atoms with van der Waals surface area (Å²) in [6, 6.07) is 5.97. The van der Waals surface area contributed by atoms with Crippen molar-refractivity contribution in [2.45, 2.75) is 24.6 Å². The molecule has 0 saturated carbocycles. The Labute approximate surface area is 100 Å². The first-order valence-corrected chi connectivity index (χ1v) is 6.53. The van der Waals surface area contributed by atoms with Gasteiger partial charge in [0.05, 0.1) is 0 Å². The van der Waals surface area contributed by atoms with Gasteiger partial charge in [-0.05, 0) is 32.2 Å². The number of hydrogen-bond donors (Lipinski definition) is 0. The van der Waals surface area contributed by atoms with Gasteiger partial charge >= 0.3 is 0 Å². The second kappa shape index (κ2) is 4.45. The predicted molar refractivity (Wildman–Crippen MR) is 68.1 cm³/mol. The lowest BCUT2D eigenvalue weighted by atomic mass is 10.1. The number of thioether (sulfide) groups is 1. The van der Waals surface area contributed by atoms with E-state index in [1.54, 1.807) is 6.20 Å². The van der Waals surface area contributed by atoms with Crippen LogP contribution in [0.25, 0.3) is 0 Å². The highest BCUT2D eigenvalue weighted by Gasteiger charge is 2.34. The van der Waals surface area contributed by atoms with Crippen molar-refractivity contribution in [1.29, 1.82) is 0 Å². The molecule has 0 amide bonds. The van der Waals surface area contributed by atoms with E-state index in [-0.39, 0.29) is 10.8 Å². The van der Waals surface area contributed by atoms with E-state index in [1.165, 1.54) is 0 Å². The maximum Gasteiger partial charge on any atom is 0.235 e. The van der Waals surface area contributed by atoms with Crippen LogP contribution in [0, 0.1) is 0 Å². The van der Waals surface area contributed by atoms with Crippen molar-refractivity contribution in [3.05, 3.63) is 30.1 Å². The lowest BCUT2D eigenvalue weighted by Crippen LogP contribution is -2.32. The molecule has 4 heteroatoms. The Hall–Kier alpha value is -1.03. The van der Waals surface area contributed by atoms with E-state index < -0.39 is 0 Å². The molecule has 1 aliphatic rings. The standard InChI is InChI=1S/C12H16N2OS/c1-12(2,16-3)10-8-15-11(14-10)9-6-4-5-7-13-9/h4-7,10H,8H2,1-3H3/t10-/m0/s1. The molecule has 1 atom stereocenters. The zero-order chi connectivity index (χ0) is 11.6. The van der Waals surface area contributed by atoms with Gasteiger partial charge in [0.15, 0.2) is 0 Å². The summed E-state index contributed by atoms with van der Waals surface area (Å²) in [5.41, 5.74) is 0.821. The summed E-state index contributed by atoms with van der Waals surface area (Å²) >= 11 is 1.81. The molecule has 3 nitrogen and oxygen atoms in total. The van der Waals surface area contributed by atoms with Crippen molar-refractivity contribution in [2.24, 2.45) is 4.99 Å². The van der Waals surface area contributed by atoms with E-state index in [9.17, 15) is 0 Å². The Balaban J connectivity index is 2.19. The van der Waals surface area contributed by atoms with Crippen LogP contribution in [-0.2, 0) is 4.74 Å². The summed E-state index contributed by atoms with van der Waals surface area (Å²) in [5, 5.41) is 0. The van der Waals surface area contributed by atoms with Crippen molar-refractivity contribution in [1.82, 2.24) is 4.98 Å². The molecule has 16 heavy (non-hydrogen) atoms. The number of aliphatic imine (C=N–C) groups is 1. The molecular formula is C12H16N2OS. The fourth-order valence-electron chi connectivity index (χ4n) is 1.50. The van der Waals surface area contributed by atoms with Crippen LogP contribution in [0.2, 0.25) is 0 Å². The fraction of sp³-hybridized carbons (Fsp3) is 0.500. The molecule has 86 valence electrons. The molecule has 0 saturated heterocycles. The van der Waals surface area contributed by atoms with Gasteiger partial charge in [-0.25, -0.2) is 4.99 Å². The zero-order valence-electron chi connectivity index (χ0n) is 9.80. The quantitative estimate of drug-likeness (QED) is 0.808. The molecule has 0 aromatic carbocycles. The van der Waals surface area contributed by atoms with Gasteiger partial charge in [-0.1, -0.05) is 6.07 Å². The van der Waals surface area contributed by atoms with Crippen molar-refractivity contribution in [3.8, 4) is 0 Å². The van der Waals surface area contributed by atoms with Gasteiger partial charge in [-0.2, -0.15) is 11.8 Å². The van der Waals surface area contributed by atoms with Gasteiger partial charge < -0.3 is 4.74 Å². The molecule has 0 radical (unpaired) electrons. The molecule has 1 aromatic heterocycles. The van der Waals surface area contributed by atoms with E-state index in [0.717, 1.165) is 5.69 Å². The van der Waals surface area contributed by atoms with Gasteiger partial charge in [-0.3, -0.25) is 4.98 Å². The number of nitrogens with zero attached hydrogens (tertiary/aromatic N) is 2. The maximum absolute atomic E-state index is 5.61. The average Bonchev–Trinajstić information content (AvgIpc) is 2.80. The monoisotopic (exact) mass is 236 g/mol. The topological polar surface area (TPSA) is 34.5 Å². The molecule has 0 spiro atoms. The SMILES string of the molecule is CSC(C)(C)[C@@H]1COC(c2ccccn2)=N1. The first-order valence-electron chi connectivity index (χ1n) is 5.30. The Kier molecular flexibility index (Phi) is 3.19. The number of hydrogen-bond acceptors (Lipinski definition) is 4. The van der Waals surface area contributed by atoms with Gasteiger partial charge in [-0.15, -0.1) is 0 Å². The summed E-state index contributed by atoms with van der Waals surface area (Å²) in [6.07, 6.45) is 3.86. The van der Waals surface area contributed by atoms with E-state index >= 15 is 0 Å². The number of ether oxygens (including phenoxy) is 1. The van der Waals surface area contributed by atoms with Gasteiger partial charge in [0.1, 0.15) is 18.3 Å². The number of pyridine rings is 1. The molecule has 2 rings (SSSR count). The smallest absolute Gasteiger partial charge is 0.235 e. The predicted octanol–water partition coefficient (Wildman–Crippen LogP) is 2.37. The zero-order valence-corrected chi connectivity index (χ0v) is 10.6. The van der Waals surface area contributed by atoms with E-state index in [1.807, 2.05) is 30.0 Å². The summed E-state index contributed by atoms with van der Waals surface area (Å²) in [7, 11) is 0. The largest absolute Gasteiger partial charge is 0.474 e. The molecular weight excluding hydrogens is 220 g/mol. The molecule has 0 unspecified atom stereocenters. The first kappa shape index (κ1) is 11.5. The third kappa shape index (κ3) is 2.21. The Morgan fingerprint density at radius 2 is 2.25 bits per heavy atom. The van der Waals surface area contributed by atoms with Crippen LogP contribution in [-0.4, -0.2) is 34.5 Å². The summed E-state index contributed by atoms with van der Waals surface area (Å²) in [6.45, 7) is 5.03. The van der Waals surface area contributed by atoms with Crippen molar-refractivity contribution < 1.29 is 4.74 Å².